The van der Waals surface area contributed by atoms with Crippen molar-refractivity contribution in [1.29, 1.82) is 0 Å². The Kier molecular flexibility index (Phi) is 7.44. The molecule has 4 aromatic rings. The van der Waals surface area contributed by atoms with Gasteiger partial charge >= 0.3 is 0 Å². The molecule has 1 aromatic heterocycles. The van der Waals surface area contributed by atoms with Crippen LogP contribution in [0.1, 0.15) is 60.3 Å². The third-order valence-corrected chi connectivity index (χ3v) is 8.70. The third-order valence-electron chi connectivity index (χ3n) is 7.21. The molecule has 1 unspecified atom stereocenters. The summed E-state index contributed by atoms with van der Waals surface area (Å²) in [6, 6.07) is 21.2. The first-order valence-electron chi connectivity index (χ1n) is 13.1. The van der Waals surface area contributed by atoms with Crippen molar-refractivity contribution >= 4 is 33.1 Å². The number of amides is 1. The van der Waals surface area contributed by atoms with Crippen LogP contribution in [-0.4, -0.2) is 19.3 Å². The molecule has 0 bridgehead atoms. The Balaban J connectivity index is 1.41. The molecule has 0 saturated heterocycles. The Hall–Kier alpha value is -4.08. The topological polar surface area (TPSA) is 100 Å². The van der Waals surface area contributed by atoms with Gasteiger partial charge in [0.1, 0.15) is 11.6 Å². The monoisotopic (exact) mass is 558 g/mol. The van der Waals surface area contributed by atoms with Gasteiger partial charge in [-0.3, -0.25) is 4.79 Å². The highest BCUT2D eigenvalue weighted by Gasteiger charge is 2.39. The highest BCUT2D eigenvalue weighted by Crippen LogP contribution is 2.46. The number of aromatic nitrogens is 1. The number of fused-ring (bicyclic) bond motifs is 1. The van der Waals surface area contributed by atoms with E-state index in [2.05, 4.69) is 34.2 Å². The van der Waals surface area contributed by atoms with Crippen LogP contribution in [0.2, 0.25) is 0 Å². The lowest BCUT2D eigenvalue weighted by molar-refractivity contribution is 0.102. The van der Waals surface area contributed by atoms with E-state index in [0.717, 1.165) is 23.1 Å². The summed E-state index contributed by atoms with van der Waals surface area (Å²) in [6.45, 7) is 6.21. The molecular formula is C31H31FN4O3S. The van der Waals surface area contributed by atoms with E-state index in [1.807, 2.05) is 37.3 Å². The predicted molar refractivity (Wildman–Crippen MR) is 155 cm³/mol. The lowest BCUT2D eigenvalue weighted by Gasteiger charge is -2.19. The van der Waals surface area contributed by atoms with Crippen molar-refractivity contribution in [2.24, 2.45) is 0 Å². The van der Waals surface area contributed by atoms with Gasteiger partial charge in [-0.2, -0.15) is 0 Å². The van der Waals surface area contributed by atoms with Gasteiger partial charge in [0, 0.05) is 23.6 Å². The number of hydrogen-bond acceptors (Lipinski definition) is 5. The van der Waals surface area contributed by atoms with Gasteiger partial charge in [-0.05, 0) is 89.5 Å². The van der Waals surface area contributed by atoms with Crippen LogP contribution in [-0.2, 0) is 21.9 Å². The number of sulfonamides is 1. The summed E-state index contributed by atoms with van der Waals surface area (Å²) in [5.41, 5.74) is 4.02. The van der Waals surface area contributed by atoms with Gasteiger partial charge in [-0.25, -0.2) is 22.5 Å². The summed E-state index contributed by atoms with van der Waals surface area (Å²) in [5.74, 6) is -0.573. The molecule has 40 heavy (non-hydrogen) atoms. The first-order chi connectivity index (χ1) is 19.1. The quantitative estimate of drug-likeness (QED) is 0.230. The first-order valence-corrected chi connectivity index (χ1v) is 14.6. The minimum Gasteiger partial charge on any atom is -0.340 e. The molecule has 1 aliphatic rings. The molecule has 0 saturated carbocycles. The summed E-state index contributed by atoms with van der Waals surface area (Å²) in [4.78, 5) is 17.6. The van der Waals surface area contributed by atoms with Gasteiger partial charge in [0.15, 0.2) is 0 Å². The molecule has 9 heteroatoms. The Morgan fingerprint density at radius 2 is 1.77 bits per heavy atom. The van der Waals surface area contributed by atoms with Crippen molar-refractivity contribution < 1.29 is 17.6 Å². The minimum atomic E-state index is -3.75. The number of pyridine rings is 1. The Labute approximate surface area is 233 Å². The van der Waals surface area contributed by atoms with Crippen molar-refractivity contribution in [3.63, 3.8) is 0 Å². The number of nitrogens with zero attached hydrogens (tertiary/aromatic N) is 1. The molecule has 7 nitrogen and oxygen atoms in total. The second-order valence-corrected chi connectivity index (χ2v) is 12.3. The Bertz CT molecular complexity index is 1670. The fourth-order valence-electron chi connectivity index (χ4n) is 5.13. The number of hydrogen-bond donors (Lipinski definition) is 3. The highest BCUT2D eigenvalue weighted by molar-refractivity contribution is 7.89. The number of carbonyl (C=O) groups excluding carboxylic acids is 1. The van der Waals surface area contributed by atoms with E-state index in [4.69, 9.17) is 0 Å². The van der Waals surface area contributed by atoms with E-state index in [0.29, 0.717) is 23.6 Å². The largest absolute Gasteiger partial charge is 0.340 e. The molecule has 3 N–H and O–H groups in total. The fraction of sp³-hybridized carbons (Fsp3) is 0.226. The number of aryl methyl sites for hydroxylation is 1. The summed E-state index contributed by atoms with van der Waals surface area (Å²) < 4.78 is 43.0. The van der Waals surface area contributed by atoms with Gasteiger partial charge in [0.2, 0.25) is 10.0 Å². The summed E-state index contributed by atoms with van der Waals surface area (Å²) in [5, 5.41) is 5.91. The summed E-state index contributed by atoms with van der Waals surface area (Å²) >= 11 is 0. The van der Waals surface area contributed by atoms with E-state index in [9.17, 15) is 17.6 Å². The Morgan fingerprint density at radius 3 is 2.50 bits per heavy atom. The molecule has 1 atom stereocenters. The maximum absolute atomic E-state index is 13.6. The van der Waals surface area contributed by atoms with Crippen LogP contribution in [0.5, 0.6) is 0 Å². The molecule has 0 aliphatic heterocycles. The van der Waals surface area contributed by atoms with Gasteiger partial charge in [0.05, 0.1) is 10.5 Å². The van der Waals surface area contributed by atoms with E-state index in [1.54, 1.807) is 36.5 Å². The van der Waals surface area contributed by atoms with Crippen LogP contribution in [0.25, 0.3) is 0 Å². The molecule has 5 rings (SSSR count). The first kappa shape index (κ1) is 27.5. The maximum atomic E-state index is 13.6. The number of benzene rings is 3. The molecule has 1 amide bonds. The molecule has 0 radical (unpaired) electrons. The lowest BCUT2D eigenvalue weighted by atomic mass is 9.86. The van der Waals surface area contributed by atoms with Crippen LogP contribution >= 0.6 is 0 Å². The minimum absolute atomic E-state index is 0.229. The zero-order valence-corrected chi connectivity index (χ0v) is 23.3. The standard InChI is InChI=1S/C31H31FN4O3S/c1-4-20-10-13-24(14-11-20)40(38,39)36-28-19-31(2,3)27-15-12-23(18-26(27)28)34-29-25(9-6-16-33-29)30(37)35-22-8-5-7-21(32)17-22/h5-18,28,36H,4,19H2,1-3H3,(H,33,34)(H,35,37). The van der Waals surface area contributed by atoms with Crippen molar-refractivity contribution in [2.45, 2.75) is 50.0 Å². The number of halogens is 1. The van der Waals surface area contributed by atoms with E-state index in [-0.39, 0.29) is 15.9 Å². The van der Waals surface area contributed by atoms with Gasteiger partial charge in [-0.15, -0.1) is 0 Å². The van der Waals surface area contributed by atoms with Crippen molar-refractivity contribution in [3.8, 4) is 0 Å². The zero-order chi connectivity index (χ0) is 28.5. The molecule has 3 aromatic carbocycles. The number of nitrogens with one attached hydrogen (secondary N) is 3. The fourth-order valence-corrected chi connectivity index (χ4v) is 6.34. The van der Waals surface area contributed by atoms with Crippen LogP contribution in [0.3, 0.4) is 0 Å². The van der Waals surface area contributed by atoms with Crippen LogP contribution < -0.4 is 15.4 Å². The van der Waals surface area contributed by atoms with Crippen LogP contribution in [0, 0.1) is 5.82 Å². The average Bonchev–Trinajstić information content (AvgIpc) is 3.17. The van der Waals surface area contributed by atoms with Gasteiger partial charge in [0.25, 0.3) is 5.91 Å². The zero-order valence-electron chi connectivity index (χ0n) is 22.5. The average molecular weight is 559 g/mol. The summed E-state index contributed by atoms with van der Waals surface area (Å²) in [7, 11) is -3.75. The van der Waals surface area contributed by atoms with E-state index in [1.165, 1.54) is 18.2 Å². The highest BCUT2D eigenvalue weighted by atomic mass is 32.2. The number of anilines is 3. The predicted octanol–water partition coefficient (Wildman–Crippen LogP) is 6.48. The maximum Gasteiger partial charge on any atom is 0.259 e. The molecule has 206 valence electrons. The third kappa shape index (κ3) is 5.76. The van der Waals surface area contributed by atoms with Crippen LogP contribution in [0.4, 0.5) is 21.6 Å². The normalized spacial score (nSPS) is 15.8. The smallest absolute Gasteiger partial charge is 0.259 e. The van der Waals surface area contributed by atoms with E-state index >= 15 is 0 Å². The van der Waals surface area contributed by atoms with E-state index < -0.39 is 27.8 Å². The van der Waals surface area contributed by atoms with Crippen molar-refractivity contribution in [1.82, 2.24) is 9.71 Å². The second kappa shape index (κ2) is 10.8. The lowest BCUT2D eigenvalue weighted by Crippen LogP contribution is -2.28. The Morgan fingerprint density at radius 1 is 1.00 bits per heavy atom. The summed E-state index contributed by atoms with van der Waals surface area (Å²) in [6.07, 6.45) is 3.00. The van der Waals surface area contributed by atoms with Crippen molar-refractivity contribution in [3.05, 3.63) is 113 Å². The van der Waals surface area contributed by atoms with Crippen LogP contribution in [0.15, 0.2) is 90.0 Å². The SMILES string of the molecule is CCc1ccc(S(=O)(=O)NC2CC(C)(C)c3ccc(Nc4ncccc4C(=O)Nc4cccc(F)c4)cc32)cc1. The van der Waals surface area contributed by atoms with Crippen molar-refractivity contribution in [2.75, 3.05) is 10.6 Å². The van der Waals surface area contributed by atoms with Gasteiger partial charge < -0.3 is 10.6 Å². The van der Waals surface area contributed by atoms with Gasteiger partial charge in [-0.1, -0.05) is 45.0 Å². The molecule has 0 fully saturated rings. The number of carbonyl (C=O) groups is 1. The molecular weight excluding hydrogens is 527 g/mol. The second-order valence-electron chi connectivity index (χ2n) is 10.6. The number of rotatable bonds is 8. The molecule has 1 aliphatic carbocycles. The molecule has 0 spiro atoms. The molecule has 1 heterocycles.